The van der Waals surface area contributed by atoms with Crippen LogP contribution >= 0.6 is 0 Å². The van der Waals surface area contributed by atoms with Crippen molar-refractivity contribution in [3.8, 4) is 0 Å². The van der Waals surface area contributed by atoms with Crippen molar-refractivity contribution in [3.05, 3.63) is 66.4 Å². The maximum Gasteiger partial charge on any atom is 0.258 e. The number of hydrogen-bond donors (Lipinski definition) is 2. The Morgan fingerprint density at radius 2 is 1.82 bits per heavy atom. The number of nitrogens with zero attached hydrogens (tertiary/aromatic N) is 2. The lowest BCUT2D eigenvalue weighted by Gasteiger charge is -2.05. The Bertz CT molecular complexity index is 952. The Balaban J connectivity index is 1.71. The summed E-state index contributed by atoms with van der Waals surface area (Å²) in [6.07, 6.45) is 1.71. The zero-order valence-corrected chi connectivity index (χ0v) is 11.6. The predicted octanol–water partition coefficient (Wildman–Crippen LogP) is 3.36. The maximum absolute atomic E-state index is 12.5. The van der Waals surface area contributed by atoms with Crippen LogP contribution in [0.3, 0.4) is 0 Å². The Kier molecular flexibility index (Phi) is 2.83. The molecule has 0 spiro atoms. The van der Waals surface area contributed by atoms with E-state index in [1.807, 2.05) is 48.5 Å². The molecule has 5 nitrogen and oxygen atoms in total. The average Bonchev–Trinajstić information content (AvgIpc) is 2.96. The molecule has 2 aromatic heterocycles. The van der Waals surface area contributed by atoms with Gasteiger partial charge in [-0.2, -0.15) is 0 Å². The van der Waals surface area contributed by atoms with Gasteiger partial charge in [-0.3, -0.25) is 15.1 Å². The molecule has 4 aromatic rings. The highest BCUT2D eigenvalue weighted by molar-refractivity contribution is 6.12. The van der Waals surface area contributed by atoms with Crippen LogP contribution in [0.25, 0.3) is 21.9 Å². The van der Waals surface area contributed by atoms with Crippen LogP contribution in [0.4, 0.5) is 5.95 Å². The van der Waals surface area contributed by atoms with Gasteiger partial charge in [-0.15, -0.1) is 0 Å². The molecule has 1 amide bonds. The normalized spacial score (nSPS) is 10.9. The number of carbonyl (C=O) groups excluding carboxylic acids is 1. The first-order valence-corrected chi connectivity index (χ1v) is 6.91. The molecule has 2 heterocycles. The second kappa shape index (κ2) is 4.96. The highest BCUT2D eigenvalue weighted by Gasteiger charge is 2.12. The van der Waals surface area contributed by atoms with Crippen molar-refractivity contribution < 1.29 is 4.79 Å². The number of anilines is 1. The standard InChI is InChI=1S/C17H12N4O/c22-16(12-5-3-9-13-11(12)6-4-10-18-13)21-17-19-14-7-1-2-8-15(14)20-17/h1-10H,(H2,19,20,21,22). The Morgan fingerprint density at radius 1 is 0.955 bits per heavy atom. The number of aromatic amines is 1. The molecule has 0 aliphatic carbocycles. The third-order valence-electron chi connectivity index (χ3n) is 3.51. The van der Waals surface area contributed by atoms with E-state index in [2.05, 4.69) is 20.3 Å². The number of H-pyrrole nitrogens is 1. The molecule has 22 heavy (non-hydrogen) atoms. The number of amides is 1. The number of fused-ring (bicyclic) bond motifs is 2. The van der Waals surface area contributed by atoms with E-state index in [4.69, 9.17) is 0 Å². The summed E-state index contributed by atoms with van der Waals surface area (Å²) < 4.78 is 0. The van der Waals surface area contributed by atoms with Crippen LogP contribution in [0.2, 0.25) is 0 Å². The molecule has 4 rings (SSSR count). The highest BCUT2D eigenvalue weighted by atomic mass is 16.1. The minimum absolute atomic E-state index is 0.211. The first kappa shape index (κ1) is 12.5. The number of aromatic nitrogens is 3. The third-order valence-corrected chi connectivity index (χ3v) is 3.51. The van der Waals surface area contributed by atoms with Gasteiger partial charge in [0.05, 0.1) is 16.6 Å². The number of imidazole rings is 1. The van der Waals surface area contributed by atoms with Crippen molar-refractivity contribution in [1.29, 1.82) is 0 Å². The molecule has 106 valence electrons. The van der Waals surface area contributed by atoms with Gasteiger partial charge in [0.1, 0.15) is 0 Å². The first-order valence-electron chi connectivity index (χ1n) is 6.91. The van der Waals surface area contributed by atoms with Crippen molar-refractivity contribution in [2.75, 3.05) is 5.32 Å². The lowest BCUT2D eigenvalue weighted by Crippen LogP contribution is -2.13. The Morgan fingerprint density at radius 3 is 2.73 bits per heavy atom. The summed E-state index contributed by atoms with van der Waals surface area (Å²) in [6, 6.07) is 16.8. The monoisotopic (exact) mass is 288 g/mol. The van der Waals surface area contributed by atoms with Crippen LogP contribution in [0.5, 0.6) is 0 Å². The van der Waals surface area contributed by atoms with Gasteiger partial charge in [0.2, 0.25) is 5.95 Å². The summed E-state index contributed by atoms with van der Waals surface area (Å²) in [6.45, 7) is 0. The molecule has 0 radical (unpaired) electrons. The number of nitrogens with one attached hydrogen (secondary N) is 2. The van der Waals surface area contributed by atoms with Gasteiger partial charge in [-0.05, 0) is 30.3 Å². The van der Waals surface area contributed by atoms with Gasteiger partial charge in [-0.1, -0.05) is 24.3 Å². The van der Waals surface area contributed by atoms with Gasteiger partial charge in [0.25, 0.3) is 5.91 Å². The van der Waals surface area contributed by atoms with Crippen LogP contribution in [-0.4, -0.2) is 20.9 Å². The van der Waals surface area contributed by atoms with E-state index in [9.17, 15) is 4.79 Å². The fourth-order valence-corrected chi connectivity index (χ4v) is 2.49. The minimum atomic E-state index is -0.211. The van der Waals surface area contributed by atoms with Gasteiger partial charge in [-0.25, -0.2) is 4.98 Å². The smallest absolute Gasteiger partial charge is 0.258 e. The van der Waals surface area contributed by atoms with Crippen LogP contribution in [-0.2, 0) is 0 Å². The highest BCUT2D eigenvalue weighted by Crippen LogP contribution is 2.18. The lowest BCUT2D eigenvalue weighted by molar-refractivity contribution is 0.102. The second-order valence-electron chi connectivity index (χ2n) is 4.93. The molecular formula is C17H12N4O. The molecule has 0 fully saturated rings. The fraction of sp³-hybridized carbons (Fsp3) is 0. The summed E-state index contributed by atoms with van der Waals surface area (Å²) in [5, 5.41) is 3.62. The van der Waals surface area contributed by atoms with Crippen LogP contribution in [0, 0.1) is 0 Å². The lowest BCUT2D eigenvalue weighted by atomic mass is 10.1. The summed E-state index contributed by atoms with van der Waals surface area (Å²) in [5.74, 6) is 0.227. The largest absolute Gasteiger partial charge is 0.324 e. The number of para-hydroxylation sites is 2. The number of benzene rings is 2. The zero-order chi connectivity index (χ0) is 14.9. The van der Waals surface area contributed by atoms with E-state index >= 15 is 0 Å². The fourth-order valence-electron chi connectivity index (χ4n) is 2.49. The molecule has 2 N–H and O–H groups in total. The third kappa shape index (κ3) is 2.09. The number of carbonyl (C=O) groups is 1. The van der Waals surface area contributed by atoms with E-state index in [1.165, 1.54) is 0 Å². The molecule has 2 aromatic carbocycles. The molecule has 0 aliphatic heterocycles. The SMILES string of the molecule is O=C(Nc1nc2ccccc2[nH]1)c1cccc2ncccc12. The minimum Gasteiger partial charge on any atom is -0.324 e. The van der Waals surface area contributed by atoms with E-state index in [0.717, 1.165) is 21.9 Å². The van der Waals surface area contributed by atoms with E-state index in [0.29, 0.717) is 11.5 Å². The topological polar surface area (TPSA) is 70.7 Å². The van der Waals surface area contributed by atoms with Gasteiger partial charge in [0, 0.05) is 17.1 Å². The van der Waals surface area contributed by atoms with E-state index in [1.54, 1.807) is 12.3 Å². The molecule has 5 heteroatoms. The number of hydrogen-bond acceptors (Lipinski definition) is 3. The first-order chi connectivity index (χ1) is 10.8. The maximum atomic E-state index is 12.5. The van der Waals surface area contributed by atoms with Crippen LogP contribution < -0.4 is 5.32 Å². The van der Waals surface area contributed by atoms with E-state index in [-0.39, 0.29) is 5.91 Å². The second-order valence-corrected chi connectivity index (χ2v) is 4.93. The van der Waals surface area contributed by atoms with Crippen molar-refractivity contribution in [3.63, 3.8) is 0 Å². The molecule has 0 saturated heterocycles. The molecule has 0 bridgehead atoms. The molecule has 0 unspecified atom stereocenters. The number of pyridine rings is 1. The summed E-state index contributed by atoms with van der Waals surface area (Å²) in [5.41, 5.74) is 3.07. The van der Waals surface area contributed by atoms with Gasteiger partial charge in [0.15, 0.2) is 0 Å². The van der Waals surface area contributed by atoms with Crippen LogP contribution in [0.15, 0.2) is 60.8 Å². The van der Waals surface area contributed by atoms with E-state index < -0.39 is 0 Å². The van der Waals surface area contributed by atoms with Crippen molar-refractivity contribution in [2.45, 2.75) is 0 Å². The van der Waals surface area contributed by atoms with Crippen molar-refractivity contribution in [2.24, 2.45) is 0 Å². The Labute approximate surface area is 126 Å². The van der Waals surface area contributed by atoms with Crippen LogP contribution in [0.1, 0.15) is 10.4 Å². The average molecular weight is 288 g/mol. The van der Waals surface area contributed by atoms with Gasteiger partial charge < -0.3 is 4.98 Å². The molecular weight excluding hydrogens is 276 g/mol. The molecule has 0 saturated carbocycles. The predicted molar refractivity (Wildman–Crippen MR) is 85.8 cm³/mol. The summed E-state index contributed by atoms with van der Waals surface area (Å²) in [7, 11) is 0. The molecule has 0 aliphatic rings. The summed E-state index contributed by atoms with van der Waals surface area (Å²) in [4.78, 5) is 24.2. The number of rotatable bonds is 2. The van der Waals surface area contributed by atoms with Gasteiger partial charge >= 0.3 is 0 Å². The summed E-state index contributed by atoms with van der Waals surface area (Å²) >= 11 is 0. The quantitative estimate of drug-likeness (QED) is 0.594. The van der Waals surface area contributed by atoms with Crippen molar-refractivity contribution in [1.82, 2.24) is 15.0 Å². The Hall–Kier alpha value is -3.21. The van der Waals surface area contributed by atoms with Crippen molar-refractivity contribution >= 4 is 33.8 Å². The zero-order valence-electron chi connectivity index (χ0n) is 11.6. The molecule has 0 atom stereocenters.